The Morgan fingerprint density at radius 2 is 2.06 bits per heavy atom. The van der Waals surface area contributed by atoms with Gasteiger partial charge < -0.3 is 11.1 Å². The van der Waals surface area contributed by atoms with Crippen LogP contribution in [0.25, 0.3) is 0 Å². The number of nitrogens with zero attached hydrogens (tertiary/aromatic N) is 1. The third kappa shape index (κ3) is 5.74. The Bertz CT molecular complexity index is 488. The van der Waals surface area contributed by atoms with Crippen LogP contribution in [-0.4, -0.2) is 37.4 Å². The van der Waals surface area contributed by atoms with Crippen LogP contribution in [-0.2, 0) is 21.2 Å². The van der Waals surface area contributed by atoms with Gasteiger partial charge in [0.15, 0.2) is 0 Å². The Hall–Kier alpha value is -1.47. The quantitative estimate of drug-likeness (QED) is 0.723. The summed E-state index contributed by atoms with van der Waals surface area (Å²) in [6.45, 7) is 0.355. The summed E-state index contributed by atoms with van der Waals surface area (Å²) in [4.78, 5) is 15.4. The van der Waals surface area contributed by atoms with E-state index in [0.29, 0.717) is 6.54 Å². The fourth-order valence-electron chi connectivity index (χ4n) is 1.29. The van der Waals surface area contributed by atoms with Gasteiger partial charge in [0.2, 0.25) is 5.91 Å². The molecule has 7 heteroatoms. The first-order valence-electron chi connectivity index (χ1n) is 5.48. The number of pyridine rings is 1. The summed E-state index contributed by atoms with van der Waals surface area (Å²) in [6, 6.07) is 2.76. The minimum Gasteiger partial charge on any atom is -0.351 e. The lowest BCUT2D eigenvalue weighted by Gasteiger charge is -2.11. The number of nitrogens with two attached hydrogens (primary N) is 1. The molecule has 0 saturated heterocycles. The lowest BCUT2D eigenvalue weighted by atomic mass is 10.2. The van der Waals surface area contributed by atoms with Gasteiger partial charge in [0.05, 0.1) is 11.8 Å². The van der Waals surface area contributed by atoms with E-state index in [4.69, 9.17) is 5.73 Å². The first-order chi connectivity index (χ1) is 8.38. The molecule has 1 amide bonds. The molecule has 0 saturated carbocycles. The van der Waals surface area contributed by atoms with Crippen LogP contribution in [0.3, 0.4) is 0 Å². The molecule has 100 valence electrons. The number of carbonyl (C=O) groups excluding carboxylic acids is 1. The molecule has 0 aromatic carbocycles. The summed E-state index contributed by atoms with van der Waals surface area (Å²) in [6.07, 6.45) is 4.51. The van der Waals surface area contributed by atoms with E-state index in [1.165, 1.54) is 0 Å². The SMILES string of the molecule is CS(=O)(=O)CCC(N)C(=O)NCc1ccncc1. The Balaban J connectivity index is 2.37. The van der Waals surface area contributed by atoms with E-state index in [0.717, 1.165) is 11.8 Å². The third-order valence-corrected chi connectivity index (χ3v) is 3.33. The zero-order valence-electron chi connectivity index (χ0n) is 10.2. The molecule has 0 aliphatic rings. The number of sulfone groups is 1. The summed E-state index contributed by atoms with van der Waals surface area (Å²) in [7, 11) is -3.09. The van der Waals surface area contributed by atoms with Crippen molar-refractivity contribution in [2.75, 3.05) is 12.0 Å². The van der Waals surface area contributed by atoms with Crippen molar-refractivity contribution in [2.45, 2.75) is 19.0 Å². The fraction of sp³-hybridized carbons (Fsp3) is 0.455. The van der Waals surface area contributed by atoms with Crippen LogP contribution < -0.4 is 11.1 Å². The number of hydrogen-bond acceptors (Lipinski definition) is 5. The van der Waals surface area contributed by atoms with Gasteiger partial charge in [0, 0.05) is 25.2 Å². The smallest absolute Gasteiger partial charge is 0.237 e. The average Bonchev–Trinajstić information content (AvgIpc) is 2.33. The van der Waals surface area contributed by atoms with Crippen LogP contribution in [0.5, 0.6) is 0 Å². The second-order valence-corrected chi connectivity index (χ2v) is 6.36. The molecule has 3 N–H and O–H groups in total. The van der Waals surface area contributed by atoms with Crippen LogP contribution in [0.2, 0.25) is 0 Å². The largest absolute Gasteiger partial charge is 0.351 e. The lowest BCUT2D eigenvalue weighted by Crippen LogP contribution is -2.41. The highest BCUT2D eigenvalue weighted by atomic mass is 32.2. The molecule has 1 aromatic heterocycles. The molecule has 0 spiro atoms. The second-order valence-electron chi connectivity index (χ2n) is 4.10. The third-order valence-electron chi connectivity index (χ3n) is 2.35. The number of amides is 1. The molecule has 1 aromatic rings. The van der Waals surface area contributed by atoms with Gasteiger partial charge in [-0.05, 0) is 24.1 Å². The molecular weight excluding hydrogens is 254 g/mol. The molecule has 0 aliphatic carbocycles. The molecule has 1 heterocycles. The van der Waals surface area contributed by atoms with Crippen LogP contribution in [0, 0.1) is 0 Å². The van der Waals surface area contributed by atoms with E-state index in [1.54, 1.807) is 24.5 Å². The Morgan fingerprint density at radius 1 is 1.44 bits per heavy atom. The molecule has 1 unspecified atom stereocenters. The number of rotatable bonds is 6. The molecule has 0 fully saturated rings. The minimum absolute atomic E-state index is 0.0865. The predicted molar refractivity (Wildman–Crippen MR) is 68.4 cm³/mol. The molecule has 18 heavy (non-hydrogen) atoms. The van der Waals surface area contributed by atoms with E-state index >= 15 is 0 Å². The van der Waals surface area contributed by atoms with Crippen LogP contribution in [0.4, 0.5) is 0 Å². The second kappa shape index (κ2) is 6.46. The normalized spacial score (nSPS) is 13.0. The van der Waals surface area contributed by atoms with Crippen molar-refractivity contribution in [3.8, 4) is 0 Å². The number of aromatic nitrogens is 1. The standard InChI is InChI=1S/C11H17N3O3S/c1-18(16,17)7-4-10(12)11(15)14-8-9-2-5-13-6-3-9/h2-3,5-6,10H,4,7-8,12H2,1H3,(H,14,15). The highest BCUT2D eigenvalue weighted by Gasteiger charge is 2.15. The van der Waals surface area contributed by atoms with Gasteiger partial charge in [0.25, 0.3) is 0 Å². The van der Waals surface area contributed by atoms with Crippen LogP contribution in [0.15, 0.2) is 24.5 Å². The van der Waals surface area contributed by atoms with Crippen molar-refractivity contribution in [3.05, 3.63) is 30.1 Å². The highest BCUT2D eigenvalue weighted by Crippen LogP contribution is 1.97. The summed E-state index contributed by atoms with van der Waals surface area (Å²) in [5.41, 5.74) is 6.51. The Morgan fingerprint density at radius 3 is 2.61 bits per heavy atom. The van der Waals surface area contributed by atoms with Crippen molar-refractivity contribution in [1.82, 2.24) is 10.3 Å². The van der Waals surface area contributed by atoms with Crippen molar-refractivity contribution >= 4 is 15.7 Å². The topological polar surface area (TPSA) is 102 Å². The first kappa shape index (κ1) is 14.6. The van der Waals surface area contributed by atoms with Gasteiger partial charge in [-0.15, -0.1) is 0 Å². The maximum atomic E-state index is 11.6. The molecular formula is C11H17N3O3S. The van der Waals surface area contributed by atoms with Gasteiger partial charge >= 0.3 is 0 Å². The van der Waals surface area contributed by atoms with E-state index < -0.39 is 15.9 Å². The van der Waals surface area contributed by atoms with E-state index in [9.17, 15) is 13.2 Å². The summed E-state index contributed by atoms with van der Waals surface area (Å²) >= 11 is 0. The number of nitrogens with one attached hydrogen (secondary N) is 1. The van der Waals surface area contributed by atoms with Crippen molar-refractivity contribution in [2.24, 2.45) is 5.73 Å². The molecule has 0 radical (unpaired) electrons. The lowest BCUT2D eigenvalue weighted by molar-refractivity contribution is -0.122. The number of hydrogen-bond donors (Lipinski definition) is 2. The summed E-state index contributed by atoms with van der Waals surface area (Å²) in [5.74, 6) is -0.438. The van der Waals surface area contributed by atoms with Crippen molar-refractivity contribution in [1.29, 1.82) is 0 Å². The Labute approximate surface area is 107 Å². The van der Waals surface area contributed by atoms with Crippen LogP contribution in [0.1, 0.15) is 12.0 Å². The van der Waals surface area contributed by atoms with Gasteiger partial charge in [-0.2, -0.15) is 0 Å². The number of carbonyl (C=O) groups is 1. The van der Waals surface area contributed by atoms with Gasteiger partial charge in [-0.3, -0.25) is 9.78 Å². The maximum absolute atomic E-state index is 11.6. The molecule has 1 atom stereocenters. The highest BCUT2D eigenvalue weighted by molar-refractivity contribution is 7.90. The van der Waals surface area contributed by atoms with Crippen molar-refractivity contribution in [3.63, 3.8) is 0 Å². The molecule has 1 rings (SSSR count). The maximum Gasteiger partial charge on any atom is 0.237 e. The van der Waals surface area contributed by atoms with Gasteiger partial charge in [0.1, 0.15) is 9.84 Å². The van der Waals surface area contributed by atoms with Crippen LogP contribution >= 0.6 is 0 Å². The van der Waals surface area contributed by atoms with Crippen molar-refractivity contribution < 1.29 is 13.2 Å². The zero-order valence-corrected chi connectivity index (χ0v) is 11.0. The first-order valence-corrected chi connectivity index (χ1v) is 7.54. The van der Waals surface area contributed by atoms with Gasteiger partial charge in [-0.1, -0.05) is 0 Å². The van der Waals surface area contributed by atoms with E-state index in [1.807, 2.05) is 0 Å². The Kier molecular flexibility index (Phi) is 5.24. The van der Waals surface area contributed by atoms with E-state index in [-0.39, 0.29) is 18.1 Å². The zero-order chi connectivity index (χ0) is 13.6. The van der Waals surface area contributed by atoms with Gasteiger partial charge in [-0.25, -0.2) is 8.42 Å². The fourth-order valence-corrected chi connectivity index (χ4v) is 1.98. The average molecular weight is 271 g/mol. The molecule has 6 nitrogen and oxygen atoms in total. The monoisotopic (exact) mass is 271 g/mol. The molecule has 0 bridgehead atoms. The summed E-state index contributed by atoms with van der Waals surface area (Å²) < 4.78 is 21.9. The molecule has 0 aliphatic heterocycles. The predicted octanol–water partition coefficient (Wildman–Crippen LogP) is -0.540. The minimum atomic E-state index is -3.09. The van der Waals surface area contributed by atoms with E-state index in [2.05, 4.69) is 10.3 Å². The summed E-state index contributed by atoms with van der Waals surface area (Å²) in [5, 5.41) is 2.65.